The van der Waals surface area contributed by atoms with Crippen LogP contribution in [-0.2, 0) is 12.8 Å². The molecule has 1 spiro atoms. The molecule has 0 saturated carbocycles. The Bertz CT molecular complexity index is 738. The SMILES string of the molecule is CN1CC2(CCc3c(cccc3-c3cccnc3)C2)N=C1N. The second-order valence-corrected chi connectivity index (χ2v) is 6.41. The molecule has 2 aromatic rings. The topological polar surface area (TPSA) is 54.5 Å². The summed E-state index contributed by atoms with van der Waals surface area (Å²) in [6, 6.07) is 10.7. The number of pyridine rings is 1. The number of nitrogens with zero attached hydrogens (tertiary/aromatic N) is 3. The van der Waals surface area contributed by atoms with Crippen LogP contribution in [0.4, 0.5) is 0 Å². The van der Waals surface area contributed by atoms with Gasteiger partial charge < -0.3 is 10.6 Å². The predicted octanol–water partition coefficient (Wildman–Crippen LogP) is 2.24. The zero-order chi connectivity index (χ0) is 15.2. The fourth-order valence-electron chi connectivity index (χ4n) is 3.81. The van der Waals surface area contributed by atoms with Crippen molar-refractivity contribution in [2.75, 3.05) is 13.6 Å². The van der Waals surface area contributed by atoms with Gasteiger partial charge in [0.2, 0.25) is 0 Å². The van der Waals surface area contributed by atoms with Crippen molar-refractivity contribution in [1.29, 1.82) is 0 Å². The van der Waals surface area contributed by atoms with E-state index in [1.165, 1.54) is 22.3 Å². The van der Waals surface area contributed by atoms with Gasteiger partial charge in [0.05, 0.1) is 5.54 Å². The number of benzene rings is 1. The van der Waals surface area contributed by atoms with Gasteiger partial charge >= 0.3 is 0 Å². The minimum absolute atomic E-state index is 0.0284. The molecule has 4 rings (SSSR count). The molecule has 2 heterocycles. The molecule has 1 unspecified atom stereocenters. The van der Waals surface area contributed by atoms with Crippen LogP contribution in [0.1, 0.15) is 17.5 Å². The summed E-state index contributed by atoms with van der Waals surface area (Å²) in [5.74, 6) is 0.673. The van der Waals surface area contributed by atoms with E-state index in [0.29, 0.717) is 5.96 Å². The van der Waals surface area contributed by atoms with Crippen LogP contribution in [0.3, 0.4) is 0 Å². The smallest absolute Gasteiger partial charge is 0.191 e. The minimum atomic E-state index is -0.0284. The first-order valence-corrected chi connectivity index (χ1v) is 7.75. The van der Waals surface area contributed by atoms with E-state index in [4.69, 9.17) is 10.7 Å². The zero-order valence-electron chi connectivity index (χ0n) is 12.8. The van der Waals surface area contributed by atoms with Crippen LogP contribution < -0.4 is 5.73 Å². The summed E-state index contributed by atoms with van der Waals surface area (Å²) in [6.45, 7) is 0.926. The van der Waals surface area contributed by atoms with Crippen LogP contribution in [0.15, 0.2) is 47.7 Å². The first kappa shape index (κ1) is 13.3. The van der Waals surface area contributed by atoms with Crippen LogP contribution in [0.25, 0.3) is 11.1 Å². The maximum Gasteiger partial charge on any atom is 0.191 e. The predicted molar refractivity (Wildman–Crippen MR) is 88.7 cm³/mol. The van der Waals surface area contributed by atoms with Crippen molar-refractivity contribution in [3.05, 3.63) is 53.9 Å². The van der Waals surface area contributed by atoms with Crippen LogP contribution in [0, 0.1) is 0 Å². The molecule has 4 nitrogen and oxygen atoms in total. The third kappa shape index (κ3) is 2.06. The van der Waals surface area contributed by atoms with Gasteiger partial charge in [-0.15, -0.1) is 0 Å². The van der Waals surface area contributed by atoms with E-state index >= 15 is 0 Å². The summed E-state index contributed by atoms with van der Waals surface area (Å²) in [5, 5.41) is 0. The van der Waals surface area contributed by atoms with Crippen molar-refractivity contribution in [3.63, 3.8) is 0 Å². The lowest BCUT2D eigenvalue weighted by Gasteiger charge is -2.33. The summed E-state index contributed by atoms with van der Waals surface area (Å²) in [4.78, 5) is 11.1. The molecule has 1 atom stereocenters. The Balaban J connectivity index is 1.74. The average Bonchev–Trinajstić information content (AvgIpc) is 2.81. The maximum absolute atomic E-state index is 5.99. The molecule has 0 fully saturated rings. The monoisotopic (exact) mass is 292 g/mol. The number of hydrogen-bond donors (Lipinski definition) is 1. The second kappa shape index (κ2) is 4.83. The highest BCUT2D eigenvalue weighted by molar-refractivity contribution is 5.80. The van der Waals surface area contributed by atoms with E-state index in [1.807, 2.05) is 25.5 Å². The Morgan fingerprint density at radius 2 is 2.14 bits per heavy atom. The summed E-state index contributed by atoms with van der Waals surface area (Å²) >= 11 is 0. The van der Waals surface area contributed by atoms with E-state index in [-0.39, 0.29) is 5.54 Å². The molecule has 0 amide bonds. The molecule has 0 saturated heterocycles. The molecule has 22 heavy (non-hydrogen) atoms. The molecule has 4 heteroatoms. The number of aromatic nitrogens is 1. The average molecular weight is 292 g/mol. The van der Waals surface area contributed by atoms with E-state index in [9.17, 15) is 0 Å². The number of hydrogen-bond acceptors (Lipinski definition) is 4. The highest BCUT2D eigenvalue weighted by Gasteiger charge is 2.40. The molecule has 1 aromatic heterocycles. The third-order valence-electron chi connectivity index (χ3n) is 4.88. The summed E-state index contributed by atoms with van der Waals surface area (Å²) in [5.41, 5.74) is 11.3. The van der Waals surface area contributed by atoms with Gasteiger partial charge in [-0.05, 0) is 42.0 Å². The Labute approximate surface area is 130 Å². The zero-order valence-corrected chi connectivity index (χ0v) is 12.8. The lowest BCUT2D eigenvalue weighted by atomic mass is 9.76. The number of guanidine groups is 1. The fraction of sp³-hybridized carbons (Fsp3) is 0.333. The van der Waals surface area contributed by atoms with Crippen LogP contribution >= 0.6 is 0 Å². The number of likely N-dealkylation sites (N-methyl/N-ethyl adjacent to an activating group) is 1. The normalized spacial score (nSPS) is 23.5. The van der Waals surface area contributed by atoms with Crippen molar-refractivity contribution < 1.29 is 0 Å². The highest BCUT2D eigenvalue weighted by atomic mass is 15.3. The van der Waals surface area contributed by atoms with Gasteiger partial charge in [-0.3, -0.25) is 4.98 Å². The first-order chi connectivity index (χ1) is 10.7. The Hall–Kier alpha value is -2.36. The van der Waals surface area contributed by atoms with Gasteiger partial charge in [-0.25, -0.2) is 4.99 Å². The van der Waals surface area contributed by atoms with Crippen molar-refractivity contribution in [2.24, 2.45) is 10.7 Å². The standard InChI is InChI=1S/C18H20N4/c1-22-12-18(21-17(22)19)8-7-16-13(10-18)4-2-6-15(16)14-5-3-9-20-11-14/h2-6,9,11H,7-8,10,12H2,1H3,(H2,19,21). The van der Waals surface area contributed by atoms with E-state index in [2.05, 4.69) is 34.1 Å². The van der Waals surface area contributed by atoms with Crippen LogP contribution in [-0.4, -0.2) is 35.0 Å². The Kier molecular flexibility index (Phi) is 2.93. The van der Waals surface area contributed by atoms with Gasteiger partial charge in [0, 0.05) is 31.5 Å². The fourth-order valence-corrected chi connectivity index (χ4v) is 3.81. The minimum Gasteiger partial charge on any atom is -0.370 e. The van der Waals surface area contributed by atoms with Crippen LogP contribution in [0.5, 0.6) is 0 Å². The Morgan fingerprint density at radius 3 is 2.86 bits per heavy atom. The third-order valence-corrected chi connectivity index (χ3v) is 4.88. The molecular weight excluding hydrogens is 272 g/mol. The Morgan fingerprint density at radius 1 is 1.23 bits per heavy atom. The molecule has 2 N–H and O–H groups in total. The largest absolute Gasteiger partial charge is 0.370 e. The number of aliphatic imine (C=N–C) groups is 1. The van der Waals surface area contributed by atoms with Gasteiger partial charge in [0.25, 0.3) is 0 Å². The van der Waals surface area contributed by atoms with Crippen molar-refractivity contribution in [3.8, 4) is 11.1 Å². The molecule has 112 valence electrons. The highest BCUT2D eigenvalue weighted by Crippen LogP contribution is 2.38. The molecule has 0 radical (unpaired) electrons. The molecule has 1 aromatic carbocycles. The number of fused-ring (bicyclic) bond motifs is 1. The van der Waals surface area contributed by atoms with Crippen molar-refractivity contribution >= 4 is 5.96 Å². The van der Waals surface area contributed by atoms with Crippen LogP contribution in [0.2, 0.25) is 0 Å². The van der Waals surface area contributed by atoms with E-state index in [1.54, 1.807) is 0 Å². The van der Waals surface area contributed by atoms with Gasteiger partial charge in [0.1, 0.15) is 0 Å². The van der Waals surface area contributed by atoms with Gasteiger partial charge in [-0.2, -0.15) is 0 Å². The number of rotatable bonds is 1. The quantitative estimate of drug-likeness (QED) is 0.877. The maximum atomic E-state index is 5.99. The lowest BCUT2D eigenvalue weighted by molar-refractivity contribution is 0.335. The molecule has 1 aliphatic carbocycles. The summed E-state index contributed by atoms with van der Waals surface area (Å²) in [7, 11) is 2.02. The van der Waals surface area contributed by atoms with E-state index < -0.39 is 0 Å². The molecule has 0 bridgehead atoms. The van der Waals surface area contributed by atoms with Crippen molar-refractivity contribution in [1.82, 2.24) is 9.88 Å². The van der Waals surface area contributed by atoms with E-state index in [0.717, 1.165) is 25.8 Å². The molecule has 1 aliphatic heterocycles. The summed E-state index contributed by atoms with van der Waals surface area (Å²) < 4.78 is 0. The summed E-state index contributed by atoms with van der Waals surface area (Å²) in [6.07, 6.45) is 6.84. The van der Waals surface area contributed by atoms with Crippen molar-refractivity contribution in [2.45, 2.75) is 24.8 Å². The molecular formula is C18H20N4. The second-order valence-electron chi connectivity index (χ2n) is 6.41. The lowest BCUT2D eigenvalue weighted by Crippen LogP contribution is -2.39. The first-order valence-electron chi connectivity index (χ1n) is 7.75. The van der Waals surface area contributed by atoms with Gasteiger partial charge in [-0.1, -0.05) is 24.3 Å². The molecule has 2 aliphatic rings. The van der Waals surface area contributed by atoms with Gasteiger partial charge in [0.15, 0.2) is 5.96 Å². The number of nitrogens with two attached hydrogens (primary N) is 1.